The molecule has 1 aromatic carbocycles. The summed E-state index contributed by atoms with van der Waals surface area (Å²) in [5, 5.41) is 10.1. The lowest BCUT2D eigenvalue weighted by molar-refractivity contribution is -0.105. The van der Waals surface area contributed by atoms with Crippen molar-refractivity contribution in [2.45, 2.75) is 111 Å². The van der Waals surface area contributed by atoms with Gasteiger partial charge in [-0.2, -0.15) is 5.26 Å². The van der Waals surface area contributed by atoms with E-state index in [1.165, 1.54) is 68.9 Å². The summed E-state index contributed by atoms with van der Waals surface area (Å²) < 4.78 is 6.36. The number of rotatable bonds is 6. The lowest BCUT2D eigenvalue weighted by Gasteiger charge is -2.61. The van der Waals surface area contributed by atoms with E-state index >= 15 is 0 Å². The largest absolute Gasteiger partial charge is 0.466 e. The van der Waals surface area contributed by atoms with Crippen molar-refractivity contribution >= 4 is 0 Å². The Morgan fingerprint density at radius 2 is 1.73 bits per heavy atom. The van der Waals surface area contributed by atoms with E-state index < -0.39 is 0 Å². The first-order valence-corrected chi connectivity index (χ1v) is 16.5. The van der Waals surface area contributed by atoms with Crippen LogP contribution in [-0.2, 0) is 4.74 Å². The van der Waals surface area contributed by atoms with Crippen LogP contribution in [0.3, 0.4) is 0 Å². The van der Waals surface area contributed by atoms with Gasteiger partial charge in [0.1, 0.15) is 17.7 Å². The van der Waals surface area contributed by atoms with Crippen molar-refractivity contribution in [3.63, 3.8) is 0 Å². The van der Waals surface area contributed by atoms with E-state index in [2.05, 4.69) is 71.0 Å². The number of ether oxygens (including phenoxy) is 1. The Morgan fingerprint density at radius 3 is 2.45 bits per heavy atom. The maximum absolute atomic E-state index is 10.1. The van der Waals surface area contributed by atoms with Gasteiger partial charge in [-0.05, 0) is 120 Å². The minimum atomic E-state index is -0.164. The molecular formula is C37H52N2O. The molecule has 0 aromatic heterocycles. The van der Waals surface area contributed by atoms with Gasteiger partial charge in [0.15, 0.2) is 0 Å². The molecule has 3 heteroatoms. The Bertz CT molecular complexity index is 1210. The predicted molar refractivity (Wildman–Crippen MR) is 163 cm³/mol. The van der Waals surface area contributed by atoms with Gasteiger partial charge in [0, 0.05) is 0 Å². The first-order valence-electron chi connectivity index (χ1n) is 16.5. The second-order valence-electron chi connectivity index (χ2n) is 15.3. The van der Waals surface area contributed by atoms with Gasteiger partial charge in [0.25, 0.3) is 0 Å². The number of hydrogen-bond donors (Lipinski definition) is 1. The lowest BCUT2D eigenvalue weighted by Crippen LogP contribution is -2.53. The summed E-state index contributed by atoms with van der Waals surface area (Å²) in [7, 11) is 0. The molecule has 4 aliphatic carbocycles. The van der Waals surface area contributed by atoms with E-state index in [0.717, 1.165) is 53.9 Å². The second kappa shape index (κ2) is 10.6. The lowest BCUT2D eigenvalue weighted by atomic mass is 9.44. The molecule has 216 valence electrons. The minimum Gasteiger partial charge on any atom is -0.466 e. The third kappa shape index (κ3) is 4.44. The average Bonchev–Trinajstić information content (AvgIpc) is 3.29. The topological polar surface area (TPSA) is 59.0 Å². The number of allylic oxidation sites excluding steroid dienone is 2. The molecule has 0 radical (unpaired) electrons. The predicted octanol–water partition coefficient (Wildman–Crippen LogP) is 9.48. The summed E-state index contributed by atoms with van der Waals surface area (Å²) in [4.78, 5) is 0. The first kappa shape index (κ1) is 27.9. The molecule has 7 unspecified atom stereocenters. The normalized spacial score (nSPS) is 39.5. The summed E-state index contributed by atoms with van der Waals surface area (Å²) in [6.45, 7) is 12.6. The Kier molecular flexibility index (Phi) is 7.38. The quantitative estimate of drug-likeness (QED) is 0.391. The van der Waals surface area contributed by atoms with Crippen LogP contribution in [0.5, 0.6) is 0 Å². The fraction of sp³-hybridized carbons (Fsp3) is 0.703. The molecule has 3 nitrogen and oxygen atoms in total. The zero-order valence-corrected chi connectivity index (χ0v) is 25.7. The fourth-order valence-corrected chi connectivity index (χ4v) is 11.0. The smallest absolute Gasteiger partial charge is 0.203 e. The van der Waals surface area contributed by atoms with Crippen molar-refractivity contribution in [1.29, 1.82) is 5.26 Å². The van der Waals surface area contributed by atoms with E-state index in [9.17, 15) is 5.26 Å². The third-order valence-corrected chi connectivity index (χ3v) is 13.0. The Labute approximate surface area is 243 Å². The van der Waals surface area contributed by atoms with Crippen molar-refractivity contribution < 1.29 is 4.74 Å². The van der Waals surface area contributed by atoms with E-state index in [0.29, 0.717) is 22.8 Å². The molecule has 9 atom stereocenters. The molecule has 1 aliphatic heterocycles. The molecular weight excluding hydrogens is 488 g/mol. The SMILES string of the molecule is CC(C)CCC[C@@H](C)C1CCC2C3CC[C@H]4CC5=C(CC4(C)C3CCC21C)C(c1ccccc1)OC(N)=C5C#N. The molecule has 1 heterocycles. The van der Waals surface area contributed by atoms with Crippen LogP contribution in [0.4, 0.5) is 0 Å². The van der Waals surface area contributed by atoms with Crippen LogP contribution in [0.1, 0.15) is 117 Å². The Balaban J connectivity index is 1.27. The Hall–Kier alpha value is -2.21. The summed E-state index contributed by atoms with van der Waals surface area (Å²) >= 11 is 0. The number of benzene rings is 1. The third-order valence-electron chi connectivity index (χ3n) is 13.0. The standard InChI is InChI=1S/C37H52N2O/c1-23(2)10-9-11-24(3)31-16-17-32-27-15-14-26-20-28-29(21-37(26,5)33(27)18-19-36(31,32)4)34(25-12-7-6-8-13-25)40-35(39)30(28)22-38/h6-8,12-13,23-24,26-27,31-34H,9-11,14-21,39H2,1-5H3/t24-,26+,27?,31?,32?,33?,34?,36?,37?/m1/s1. The molecule has 5 aliphatic rings. The zero-order chi connectivity index (χ0) is 28.2. The maximum atomic E-state index is 10.1. The van der Waals surface area contributed by atoms with Gasteiger partial charge in [-0.3, -0.25) is 0 Å². The molecule has 0 saturated heterocycles. The monoisotopic (exact) mass is 540 g/mol. The number of nitrogens with two attached hydrogens (primary N) is 1. The average molecular weight is 541 g/mol. The zero-order valence-electron chi connectivity index (χ0n) is 25.7. The molecule has 0 amide bonds. The van der Waals surface area contributed by atoms with Crippen LogP contribution >= 0.6 is 0 Å². The number of fused-ring (bicyclic) bond motifs is 5. The van der Waals surface area contributed by atoms with E-state index in [4.69, 9.17) is 10.5 Å². The van der Waals surface area contributed by atoms with Crippen LogP contribution in [0.25, 0.3) is 0 Å². The molecule has 40 heavy (non-hydrogen) atoms. The molecule has 3 fully saturated rings. The summed E-state index contributed by atoms with van der Waals surface area (Å²) in [6.07, 6.45) is 14.4. The highest BCUT2D eigenvalue weighted by Gasteiger charge is 2.61. The summed E-state index contributed by atoms with van der Waals surface area (Å²) in [5.41, 5.74) is 11.5. The van der Waals surface area contributed by atoms with Crippen molar-refractivity contribution in [1.82, 2.24) is 0 Å². The summed E-state index contributed by atoms with van der Waals surface area (Å²) in [5.74, 6) is 6.04. The molecule has 6 rings (SSSR count). The van der Waals surface area contributed by atoms with Crippen LogP contribution in [0.15, 0.2) is 52.9 Å². The molecule has 2 N–H and O–H groups in total. The molecule has 0 bridgehead atoms. The van der Waals surface area contributed by atoms with E-state index in [1.807, 2.05) is 0 Å². The second-order valence-corrected chi connectivity index (χ2v) is 15.3. The van der Waals surface area contributed by atoms with Crippen LogP contribution in [0, 0.1) is 63.6 Å². The molecule has 3 saturated carbocycles. The highest BCUT2D eigenvalue weighted by atomic mass is 16.5. The Morgan fingerprint density at radius 1 is 0.975 bits per heavy atom. The van der Waals surface area contributed by atoms with E-state index in [1.54, 1.807) is 0 Å². The van der Waals surface area contributed by atoms with Crippen molar-refractivity contribution in [3.8, 4) is 6.07 Å². The number of hydrogen-bond acceptors (Lipinski definition) is 3. The number of nitrogens with zero attached hydrogens (tertiary/aromatic N) is 1. The highest BCUT2D eigenvalue weighted by Crippen LogP contribution is 2.69. The van der Waals surface area contributed by atoms with Crippen LogP contribution in [0.2, 0.25) is 0 Å². The molecule has 1 aromatic rings. The summed E-state index contributed by atoms with van der Waals surface area (Å²) in [6, 6.07) is 13.0. The van der Waals surface area contributed by atoms with Gasteiger partial charge >= 0.3 is 0 Å². The fourth-order valence-electron chi connectivity index (χ4n) is 11.0. The van der Waals surface area contributed by atoms with Gasteiger partial charge in [0.05, 0.1) is 0 Å². The van der Waals surface area contributed by atoms with Crippen LogP contribution in [-0.4, -0.2) is 0 Å². The van der Waals surface area contributed by atoms with Gasteiger partial charge in [0.2, 0.25) is 5.88 Å². The van der Waals surface area contributed by atoms with Gasteiger partial charge in [-0.1, -0.05) is 84.2 Å². The first-order chi connectivity index (χ1) is 19.2. The molecule has 0 spiro atoms. The highest BCUT2D eigenvalue weighted by molar-refractivity contribution is 5.52. The van der Waals surface area contributed by atoms with Gasteiger partial charge < -0.3 is 10.5 Å². The number of nitriles is 1. The maximum Gasteiger partial charge on any atom is 0.203 e. The van der Waals surface area contributed by atoms with Crippen molar-refractivity contribution in [3.05, 3.63) is 58.5 Å². The van der Waals surface area contributed by atoms with Gasteiger partial charge in [-0.25, -0.2) is 0 Å². The van der Waals surface area contributed by atoms with Crippen LogP contribution < -0.4 is 5.73 Å². The van der Waals surface area contributed by atoms with E-state index in [-0.39, 0.29) is 11.5 Å². The van der Waals surface area contributed by atoms with Gasteiger partial charge in [-0.15, -0.1) is 0 Å². The minimum absolute atomic E-state index is 0.164. The van der Waals surface area contributed by atoms with Crippen molar-refractivity contribution in [2.24, 2.45) is 58.0 Å². The van der Waals surface area contributed by atoms with Crippen molar-refractivity contribution in [2.75, 3.05) is 0 Å².